The highest BCUT2D eigenvalue weighted by atomic mass is 127. The van der Waals surface area contributed by atoms with Crippen LogP contribution < -0.4 is 21.3 Å². The number of phenols is 1. The van der Waals surface area contributed by atoms with Crippen molar-refractivity contribution in [3.63, 3.8) is 0 Å². The number of amides is 2. The van der Waals surface area contributed by atoms with Crippen molar-refractivity contribution >= 4 is 63.6 Å². The number of nitrogens with zero attached hydrogens (tertiary/aromatic N) is 1. The van der Waals surface area contributed by atoms with E-state index in [2.05, 4.69) is 26.3 Å². The molecule has 10 nitrogen and oxygen atoms in total. The number of phenolic OH excluding ortho intramolecular Hbond substituents is 1. The number of hydrogen-bond acceptors (Lipinski definition) is 7. The summed E-state index contributed by atoms with van der Waals surface area (Å²) in [6, 6.07) is 4.17. The van der Waals surface area contributed by atoms with Gasteiger partial charge in [0, 0.05) is 28.4 Å². The van der Waals surface area contributed by atoms with Gasteiger partial charge in [0.15, 0.2) is 5.96 Å². The predicted octanol–water partition coefficient (Wildman–Crippen LogP) is 3.10. The molecule has 0 bridgehead atoms. The zero-order valence-corrected chi connectivity index (χ0v) is 21.7. The van der Waals surface area contributed by atoms with Gasteiger partial charge in [-0.25, -0.2) is 0 Å². The van der Waals surface area contributed by atoms with Crippen LogP contribution in [0.15, 0.2) is 35.3 Å². The molecule has 0 aromatic heterocycles. The topological polar surface area (TPSA) is 152 Å². The molecule has 1 unspecified atom stereocenters. The number of carbonyl (C=O) groups excluding carboxylic acids is 2. The van der Waals surface area contributed by atoms with Gasteiger partial charge in [0.1, 0.15) is 5.75 Å². The fourth-order valence-electron chi connectivity index (χ4n) is 3.39. The number of halogens is 5. The first-order valence-corrected chi connectivity index (χ1v) is 12.0. The molecule has 0 saturated heterocycles. The van der Waals surface area contributed by atoms with E-state index >= 15 is 0 Å². The van der Waals surface area contributed by atoms with Crippen molar-refractivity contribution < 1.29 is 37.8 Å². The van der Waals surface area contributed by atoms with Crippen LogP contribution in [0.2, 0.25) is 5.02 Å². The fourth-order valence-corrected chi connectivity index (χ4v) is 4.44. The van der Waals surface area contributed by atoms with Crippen LogP contribution >= 0.6 is 34.2 Å². The van der Waals surface area contributed by atoms with Gasteiger partial charge in [-0.3, -0.25) is 19.4 Å². The van der Waals surface area contributed by atoms with Crippen LogP contribution in [0.5, 0.6) is 5.75 Å². The summed E-state index contributed by atoms with van der Waals surface area (Å²) in [5, 5.41) is 29.9. The molecule has 1 aliphatic heterocycles. The lowest BCUT2D eigenvalue weighted by molar-refractivity contribution is -0.138. The monoisotopic (exact) mass is 653 g/mol. The third-order valence-electron chi connectivity index (χ3n) is 5.02. The van der Waals surface area contributed by atoms with Crippen molar-refractivity contribution in [2.45, 2.75) is 18.6 Å². The number of guanidine groups is 1. The molecule has 198 valence electrons. The van der Waals surface area contributed by atoms with E-state index in [1.54, 1.807) is 22.6 Å². The Morgan fingerprint density at radius 1 is 1.19 bits per heavy atom. The molecule has 0 spiro atoms. The van der Waals surface area contributed by atoms with Crippen molar-refractivity contribution in [3.05, 3.63) is 55.6 Å². The molecular formula is C22H20ClF3IN5O5. The smallest absolute Gasteiger partial charge is 0.416 e. The van der Waals surface area contributed by atoms with Crippen molar-refractivity contribution in [2.24, 2.45) is 4.99 Å². The number of aliphatic imine (C=N–C) groups is 1. The van der Waals surface area contributed by atoms with Gasteiger partial charge in [0.05, 0.1) is 34.7 Å². The molecule has 2 amide bonds. The van der Waals surface area contributed by atoms with E-state index in [4.69, 9.17) is 11.6 Å². The number of rotatable bonds is 8. The highest BCUT2D eigenvalue weighted by molar-refractivity contribution is 14.1. The molecular weight excluding hydrogens is 634 g/mol. The number of nitrogens with one attached hydrogen (secondary N) is 4. The van der Waals surface area contributed by atoms with Crippen LogP contribution in [0.25, 0.3) is 0 Å². The quantitative estimate of drug-likeness (QED) is 0.240. The third kappa shape index (κ3) is 7.85. The summed E-state index contributed by atoms with van der Waals surface area (Å²) >= 11 is 7.78. The number of anilines is 1. The maximum Gasteiger partial charge on any atom is 0.416 e. The molecule has 0 saturated carbocycles. The van der Waals surface area contributed by atoms with Crippen LogP contribution in [0, 0.1) is 3.57 Å². The number of aromatic hydroxyl groups is 1. The second-order valence-electron chi connectivity index (χ2n) is 7.80. The summed E-state index contributed by atoms with van der Waals surface area (Å²) < 4.78 is 40.5. The van der Waals surface area contributed by atoms with E-state index in [-0.39, 0.29) is 33.5 Å². The molecule has 6 N–H and O–H groups in total. The molecule has 0 aliphatic carbocycles. The summed E-state index contributed by atoms with van der Waals surface area (Å²) in [5.74, 6) is -3.11. The summed E-state index contributed by atoms with van der Waals surface area (Å²) in [5.41, 5.74) is -1.44. The first kappa shape index (κ1) is 28.3. The lowest BCUT2D eigenvalue weighted by atomic mass is 10.0. The molecule has 2 aromatic rings. The Balaban J connectivity index is 1.74. The third-order valence-corrected chi connectivity index (χ3v) is 6.06. The summed E-state index contributed by atoms with van der Waals surface area (Å²) in [4.78, 5) is 40.5. The Labute approximate surface area is 226 Å². The van der Waals surface area contributed by atoms with Crippen molar-refractivity contribution in [2.75, 3.05) is 25.0 Å². The Morgan fingerprint density at radius 2 is 1.92 bits per heavy atom. The van der Waals surface area contributed by atoms with Gasteiger partial charge in [-0.1, -0.05) is 11.6 Å². The SMILES string of the molecule is O=C(O)CC(NC(=O)CNC(=O)c1cc(NC2=NCCN2)cc(C(F)(F)F)c1)c1cc(Cl)cc(I)c1O. The number of carboxylic acid groups (broad SMARTS) is 1. The first-order chi connectivity index (χ1) is 17.3. The first-order valence-electron chi connectivity index (χ1n) is 10.6. The molecule has 2 aromatic carbocycles. The van der Waals surface area contributed by atoms with E-state index < -0.39 is 48.5 Å². The van der Waals surface area contributed by atoms with Gasteiger partial charge in [0.25, 0.3) is 5.91 Å². The van der Waals surface area contributed by atoms with Crippen molar-refractivity contribution in [1.82, 2.24) is 16.0 Å². The number of hydrogen-bond donors (Lipinski definition) is 6. The van der Waals surface area contributed by atoms with Crippen LogP contribution in [0.1, 0.15) is 33.9 Å². The van der Waals surface area contributed by atoms with Crippen LogP contribution in [0.3, 0.4) is 0 Å². The normalized spacial score (nSPS) is 13.8. The second kappa shape index (κ2) is 11.9. The van der Waals surface area contributed by atoms with Gasteiger partial charge in [-0.15, -0.1) is 0 Å². The second-order valence-corrected chi connectivity index (χ2v) is 9.40. The molecule has 1 atom stereocenters. The highest BCUT2D eigenvalue weighted by Crippen LogP contribution is 2.34. The van der Waals surface area contributed by atoms with E-state index in [0.717, 1.165) is 6.07 Å². The standard InChI is InChI=1S/C22H20ClF3IN5O5/c23-12-6-14(19(36)15(27)7-12)16(8-18(34)35)32-17(33)9-30-20(37)10-3-11(22(24,25)26)5-13(4-10)31-21-28-1-2-29-21/h3-7,16,36H,1-2,8-9H2,(H,30,37)(H,32,33)(H,34,35)(H2,28,29,31). The summed E-state index contributed by atoms with van der Waals surface area (Å²) in [6.45, 7) is 0.276. The fraction of sp³-hybridized carbons (Fsp3) is 0.273. The lowest BCUT2D eigenvalue weighted by Gasteiger charge is -2.20. The molecule has 15 heteroatoms. The minimum atomic E-state index is -4.74. The Bertz CT molecular complexity index is 1260. The molecule has 0 fully saturated rings. The lowest BCUT2D eigenvalue weighted by Crippen LogP contribution is -2.39. The van der Waals surface area contributed by atoms with E-state index in [9.17, 15) is 37.8 Å². The van der Waals surface area contributed by atoms with Gasteiger partial charge in [0.2, 0.25) is 5.91 Å². The Hall–Kier alpha value is -3.27. The van der Waals surface area contributed by atoms with Crippen LogP contribution in [-0.4, -0.2) is 53.6 Å². The van der Waals surface area contributed by atoms with E-state index in [1.165, 1.54) is 18.2 Å². The van der Waals surface area contributed by atoms with Crippen molar-refractivity contribution in [1.29, 1.82) is 0 Å². The minimum Gasteiger partial charge on any atom is -0.506 e. The zero-order valence-electron chi connectivity index (χ0n) is 18.7. The molecule has 37 heavy (non-hydrogen) atoms. The van der Waals surface area contributed by atoms with Gasteiger partial charge >= 0.3 is 12.1 Å². The summed E-state index contributed by atoms with van der Waals surface area (Å²) in [7, 11) is 0. The van der Waals surface area contributed by atoms with Gasteiger partial charge in [-0.05, 0) is 52.9 Å². The highest BCUT2D eigenvalue weighted by Gasteiger charge is 2.32. The van der Waals surface area contributed by atoms with E-state index in [0.29, 0.717) is 22.7 Å². The van der Waals surface area contributed by atoms with Gasteiger partial charge < -0.3 is 31.5 Å². The minimum absolute atomic E-state index is 0.0369. The number of carboxylic acids is 1. The summed E-state index contributed by atoms with van der Waals surface area (Å²) in [6.07, 6.45) is -5.35. The Morgan fingerprint density at radius 3 is 2.54 bits per heavy atom. The molecule has 3 rings (SSSR count). The average molecular weight is 654 g/mol. The largest absolute Gasteiger partial charge is 0.506 e. The molecule has 0 radical (unpaired) electrons. The van der Waals surface area contributed by atoms with Gasteiger partial charge in [-0.2, -0.15) is 13.2 Å². The average Bonchev–Trinajstić information content (AvgIpc) is 3.31. The maximum atomic E-state index is 13.4. The zero-order chi connectivity index (χ0) is 27.3. The molecule has 1 heterocycles. The van der Waals surface area contributed by atoms with Crippen LogP contribution in [-0.2, 0) is 15.8 Å². The maximum absolute atomic E-state index is 13.4. The number of carbonyl (C=O) groups is 3. The number of benzene rings is 2. The van der Waals surface area contributed by atoms with E-state index in [1.807, 2.05) is 0 Å². The predicted molar refractivity (Wildman–Crippen MR) is 137 cm³/mol. The number of aliphatic carboxylic acids is 1. The van der Waals surface area contributed by atoms with Crippen molar-refractivity contribution in [3.8, 4) is 5.75 Å². The number of alkyl halides is 3. The molecule has 1 aliphatic rings. The Kier molecular flexibility index (Phi) is 9.07. The van der Waals surface area contributed by atoms with Crippen LogP contribution in [0.4, 0.5) is 18.9 Å².